The van der Waals surface area contributed by atoms with Gasteiger partial charge in [-0.25, -0.2) is 0 Å². The summed E-state index contributed by atoms with van der Waals surface area (Å²) >= 11 is 0. The van der Waals surface area contributed by atoms with Gasteiger partial charge < -0.3 is 15.4 Å². The Labute approximate surface area is 109 Å². The van der Waals surface area contributed by atoms with Crippen molar-refractivity contribution < 1.29 is 9.53 Å². The van der Waals surface area contributed by atoms with Gasteiger partial charge in [0.1, 0.15) is 0 Å². The molecule has 2 N–H and O–H groups in total. The number of ether oxygens (including phenoxy) is 1. The topological polar surface area (TPSA) is 55.6 Å². The molecule has 0 unspecified atom stereocenters. The van der Waals surface area contributed by atoms with E-state index >= 15 is 0 Å². The van der Waals surface area contributed by atoms with Crippen molar-refractivity contribution in [1.82, 2.24) is 4.90 Å². The van der Waals surface area contributed by atoms with Gasteiger partial charge in [0.25, 0.3) is 0 Å². The molecule has 0 aliphatic rings. The Morgan fingerprint density at radius 3 is 2.44 bits per heavy atom. The molecule has 1 amide bonds. The molecule has 0 saturated carbocycles. The summed E-state index contributed by atoms with van der Waals surface area (Å²) in [5, 5.41) is 0. The number of likely N-dealkylation sites (N-methyl/N-ethyl adjacent to an activating group) is 1. The first-order valence-electron chi connectivity index (χ1n) is 6.18. The van der Waals surface area contributed by atoms with Gasteiger partial charge in [0.05, 0.1) is 6.42 Å². The lowest BCUT2D eigenvalue weighted by Gasteiger charge is -2.17. The fraction of sp³-hybridized carbons (Fsp3) is 0.500. The van der Waals surface area contributed by atoms with E-state index in [1.54, 1.807) is 12.0 Å². The van der Waals surface area contributed by atoms with Gasteiger partial charge in [-0.1, -0.05) is 24.3 Å². The van der Waals surface area contributed by atoms with Crippen molar-refractivity contribution in [2.45, 2.75) is 19.4 Å². The van der Waals surface area contributed by atoms with Crippen LogP contribution in [0.15, 0.2) is 24.3 Å². The Balaban J connectivity index is 2.42. The summed E-state index contributed by atoms with van der Waals surface area (Å²) in [6, 6.07) is 7.85. The molecule has 0 spiro atoms. The number of nitrogens with two attached hydrogens (primary N) is 1. The van der Waals surface area contributed by atoms with E-state index in [9.17, 15) is 4.79 Å². The maximum atomic E-state index is 11.9. The fourth-order valence-corrected chi connectivity index (χ4v) is 1.67. The molecule has 0 radical (unpaired) electrons. The van der Waals surface area contributed by atoms with E-state index < -0.39 is 0 Å². The summed E-state index contributed by atoms with van der Waals surface area (Å²) in [4.78, 5) is 13.7. The lowest BCUT2D eigenvalue weighted by atomic mass is 10.1. The Morgan fingerprint density at radius 2 is 1.89 bits per heavy atom. The van der Waals surface area contributed by atoms with Crippen molar-refractivity contribution in [3.8, 4) is 0 Å². The van der Waals surface area contributed by atoms with Crippen molar-refractivity contribution in [1.29, 1.82) is 0 Å². The molecule has 0 bridgehead atoms. The third-order valence-electron chi connectivity index (χ3n) is 2.88. The quantitative estimate of drug-likeness (QED) is 0.739. The maximum absolute atomic E-state index is 11.9. The highest BCUT2D eigenvalue weighted by Crippen LogP contribution is 2.06. The van der Waals surface area contributed by atoms with E-state index in [2.05, 4.69) is 0 Å². The van der Waals surface area contributed by atoms with Crippen molar-refractivity contribution >= 4 is 5.91 Å². The molecule has 0 saturated heterocycles. The first-order valence-corrected chi connectivity index (χ1v) is 6.18. The number of amides is 1. The lowest BCUT2D eigenvalue weighted by molar-refractivity contribution is -0.129. The molecule has 18 heavy (non-hydrogen) atoms. The first kappa shape index (κ1) is 14.7. The first-order chi connectivity index (χ1) is 8.67. The zero-order chi connectivity index (χ0) is 13.4. The lowest BCUT2D eigenvalue weighted by Crippen LogP contribution is -2.29. The molecule has 1 rings (SSSR count). The Hall–Kier alpha value is -1.39. The number of hydrogen-bond acceptors (Lipinski definition) is 3. The molecule has 1 aromatic carbocycles. The Morgan fingerprint density at radius 1 is 1.28 bits per heavy atom. The molecule has 100 valence electrons. The molecule has 0 aliphatic heterocycles. The summed E-state index contributed by atoms with van der Waals surface area (Å²) in [6.45, 7) is 1.95. The third kappa shape index (κ3) is 4.85. The van der Waals surface area contributed by atoms with E-state index in [0.29, 0.717) is 19.6 Å². The van der Waals surface area contributed by atoms with E-state index in [1.165, 1.54) is 0 Å². The second kappa shape index (κ2) is 7.84. The molecule has 0 atom stereocenters. The van der Waals surface area contributed by atoms with Gasteiger partial charge in [-0.05, 0) is 17.5 Å². The highest BCUT2D eigenvalue weighted by molar-refractivity contribution is 5.78. The third-order valence-corrected chi connectivity index (χ3v) is 2.88. The van der Waals surface area contributed by atoms with Crippen molar-refractivity contribution in [3.63, 3.8) is 0 Å². The van der Waals surface area contributed by atoms with Gasteiger partial charge >= 0.3 is 0 Å². The van der Waals surface area contributed by atoms with Crippen molar-refractivity contribution in [2.75, 3.05) is 27.3 Å². The van der Waals surface area contributed by atoms with Crippen LogP contribution in [-0.4, -0.2) is 38.1 Å². The van der Waals surface area contributed by atoms with Crippen LogP contribution in [0.3, 0.4) is 0 Å². The van der Waals surface area contributed by atoms with Crippen LogP contribution in [0.4, 0.5) is 0 Å². The molecule has 0 aromatic heterocycles. The van der Waals surface area contributed by atoms with Crippen LogP contribution in [-0.2, 0) is 22.5 Å². The van der Waals surface area contributed by atoms with E-state index in [0.717, 1.165) is 24.1 Å². The van der Waals surface area contributed by atoms with Crippen LogP contribution >= 0.6 is 0 Å². The molecular weight excluding hydrogens is 228 g/mol. The molecule has 4 nitrogen and oxygen atoms in total. The molecule has 1 aromatic rings. The zero-order valence-electron chi connectivity index (χ0n) is 11.2. The standard InChI is InChI=1S/C14H22N2O2/c1-16(8-3-9-18-2)14(17)10-12-4-6-13(11-15)7-5-12/h4-7H,3,8-11,15H2,1-2H3. The van der Waals surface area contributed by atoms with Crippen LogP contribution in [0.25, 0.3) is 0 Å². The number of carbonyl (C=O) groups is 1. The molecule has 0 heterocycles. The predicted octanol–water partition coefficient (Wildman–Crippen LogP) is 1.18. The van der Waals surface area contributed by atoms with Gasteiger partial charge in [0.15, 0.2) is 0 Å². The summed E-state index contributed by atoms with van der Waals surface area (Å²) in [5.41, 5.74) is 7.64. The van der Waals surface area contributed by atoms with Crippen LogP contribution in [0.5, 0.6) is 0 Å². The highest BCUT2D eigenvalue weighted by Gasteiger charge is 2.09. The zero-order valence-corrected chi connectivity index (χ0v) is 11.2. The fourth-order valence-electron chi connectivity index (χ4n) is 1.67. The molecule has 4 heteroatoms. The Kier molecular flexibility index (Phi) is 6.39. The van der Waals surface area contributed by atoms with Gasteiger partial charge in [0.2, 0.25) is 5.91 Å². The average Bonchev–Trinajstić information content (AvgIpc) is 2.39. The van der Waals surface area contributed by atoms with Crippen LogP contribution in [0, 0.1) is 0 Å². The second-order valence-corrected chi connectivity index (χ2v) is 4.36. The SMILES string of the molecule is COCCCN(C)C(=O)Cc1ccc(CN)cc1. The maximum Gasteiger partial charge on any atom is 0.226 e. The molecular formula is C14H22N2O2. The number of hydrogen-bond donors (Lipinski definition) is 1. The molecule has 0 aliphatic carbocycles. The highest BCUT2D eigenvalue weighted by atomic mass is 16.5. The van der Waals surface area contributed by atoms with E-state index in [4.69, 9.17) is 10.5 Å². The second-order valence-electron chi connectivity index (χ2n) is 4.36. The number of rotatable bonds is 7. The van der Waals surface area contributed by atoms with E-state index in [-0.39, 0.29) is 5.91 Å². The molecule has 0 fully saturated rings. The smallest absolute Gasteiger partial charge is 0.226 e. The minimum Gasteiger partial charge on any atom is -0.385 e. The van der Waals surface area contributed by atoms with Gasteiger partial charge in [-0.15, -0.1) is 0 Å². The summed E-state index contributed by atoms with van der Waals surface area (Å²) in [7, 11) is 3.49. The number of carbonyl (C=O) groups excluding carboxylic acids is 1. The van der Waals surface area contributed by atoms with Crippen LogP contribution < -0.4 is 5.73 Å². The summed E-state index contributed by atoms with van der Waals surface area (Å²) in [6.07, 6.45) is 1.30. The van der Waals surface area contributed by atoms with Gasteiger partial charge in [-0.3, -0.25) is 4.79 Å². The van der Waals surface area contributed by atoms with Crippen molar-refractivity contribution in [2.24, 2.45) is 5.73 Å². The Bertz CT molecular complexity index is 363. The van der Waals surface area contributed by atoms with Gasteiger partial charge in [-0.2, -0.15) is 0 Å². The van der Waals surface area contributed by atoms with Crippen molar-refractivity contribution in [3.05, 3.63) is 35.4 Å². The van der Waals surface area contributed by atoms with Crippen LogP contribution in [0.2, 0.25) is 0 Å². The van der Waals surface area contributed by atoms with Gasteiger partial charge in [0, 0.05) is 33.9 Å². The number of nitrogens with zero attached hydrogens (tertiary/aromatic N) is 1. The number of methoxy groups -OCH3 is 1. The minimum absolute atomic E-state index is 0.131. The largest absolute Gasteiger partial charge is 0.385 e. The average molecular weight is 250 g/mol. The predicted molar refractivity (Wildman–Crippen MR) is 72.2 cm³/mol. The summed E-state index contributed by atoms with van der Waals surface area (Å²) < 4.78 is 4.97. The number of benzene rings is 1. The van der Waals surface area contributed by atoms with Crippen LogP contribution in [0.1, 0.15) is 17.5 Å². The minimum atomic E-state index is 0.131. The summed E-state index contributed by atoms with van der Waals surface area (Å²) in [5.74, 6) is 0.131. The monoisotopic (exact) mass is 250 g/mol. The normalized spacial score (nSPS) is 10.4. The van der Waals surface area contributed by atoms with E-state index in [1.807, 2.05) is 31.3 Å².